The number of hydrogen-bond donors (Lipinski definition) is 6. The molecule has 3 aliphatic rings. The number of aliphatic hydroxyl groups is 4. The van der Waals surface area contributed by atoms with Crippen molar-refractivity contribution in [3.05, 3.63) is 64.2 Å². The molecule has 0 unspecified atom stereocenters. The van der Waals surface area contributed by atoms with Crippen LogP contribution in [0.15, 0.2) is 42.5 Å². The predicted octanol–water partition coefficient (Wildman–Crippen LogP) is 0.706. The number of aliphatic hydroxyl groups excluding tert-OH is 4. The molecule has 0 saturated carbocycles. The highest BCUT2D eigenvalue weighted by atomic mass is 35.5. The fourth-order valence-corrected chi connectivity index (χ4v) is 5.08. The van der Waals surface area contributed by atoms with Crippen LogP contribution < -0.4 is 10.1 Å². The second-order valence-corrected chi connectivity index (χ2v) is 10.1. The van der Waals surface area contributed by atoms with Gasteiger partial charge in [-0.1, -0.05) is 29.8 Å². The van der Waals surface area contributed by atoms with Gasteiger partial charge in [-0.25, -0.2) is 4.79 Å². The highest BCUT2D eigenvalue weighted by Crippen LogP contribution is 2.49. The van der Waals surface area contributed by atoms with Gasteiger partial charge >= 0.3 is 5.97 Å². The summed E-state index contributed by atoms with van der Waals surface area (Å²) >= 11 is 6.41. The number of halogens is 1. The van der Waals surface area contributed by atoms with Crippen LogP contribution in [0.4, 0.5) is 0 Å². The van der Waals surface area contributed by atoms with Crippen LogP contribution in [0.2, 0.25) is 5.02 Å². The van der Waals surface area contributed by atoms with Gasteiger partial charge in [0.05, 0.1) is 19.8 Å². The number of nitrogens with one attached hydrogen (secondary N) is 1. The van der Waals surface area contributed by atoms with Gasteiger partial charge in [0.15, 0.2) is 0 Å². The Labute approximate surface area is 229 Å². The van der Waals surface area contributed by atoms with E-state index >= 15 is 0 Å². The van der Waals surface area contributed by atoms with Crippen LogP contribution in [0, 0.1) is 0 Å². The summed E-state index contributed by atoms with van der Waals surface area (Å²) in [6.07, 6.45) is -3.29. The number of benzene rings is 2. The summed E-state index contributed by atoms with van der Waals surface area (Å²) in [5, 5.41) is 52.3. The van der Waals surface area contributed by atoms with Crippen molar-refractivity contribution in [1.82, 2.24) is 5.32 Å². The van der Waals surface area contributed by atoms with Gasteiger partial charge in [0, 0.05) is 17.0 Å². The minimum Gasteiger partial charge on any atom is -0.494 e. The lowest BCUT2D eigenvalue weighted by atomic mass is 9.83. The third-order valence-electron chi connectivity index (χ3n) is 7.10. The van der Waals surface area contributed by atoms with E-state index in [1.165, 1.54) is 0 Å². The monoisotopic (exact) mass is 565 g/mol. The van der Waals surface area contributed by atoms with E-state index < -0.39 is 48.3 Å². The van der Waals surface area contributed by atoms with Crippen molar-refractivity contribution in [2.24, 2.45) is 0 Å². The van der Waals surface area contributed by atoms with Gasteiger partial charge in [0.2, 0.25) is 11.7 Å². The van der Waals surface area contributed by atoms with Gasteiger partial charge in [-0.2, -0.15) is 0 Å². The van der Waals surface area contributed by atoms with E-state index in [0.717, 1.165) is 16.9 Å². The van der Waals surface area contributed by atoms with Crippen molar-refractivity contribution in [2.45, 2.75) is 61.9 Å². The Morgan fingerprint density at radius 1 is 1.15 bits per heavy atom. The van der Waals surface area contributed by atoms with E-state index in [0.29, 0.717) is 36.5 Å². The van der Waals surface area contributed by atoms with Crippen molar-refractivity contribution in [3.8, 4) is 5.75 Å². The molecule has 3 aliphatic heterocycles. The third-order valence-corrected chi connectivity index (χ3v) is 7.47. The molecule has 0 aromatic heterocycles. The van der Waals surface area contributed by atoms with E-state index in [1.54, 1.807) is 18.2 Å². The maximum Gasteiger partial charge on any atom is 0.326 e. The number of ether oxygens (including phenoxy) is 3. The van der Waals surface area contributed by atoms with Crippen molar-refractivity contribution < 1.29 is 49.3 Å². The van der Waals surface area contributed by atoms with Gasteiger partial charge < -0.3 is 45.1 Å². The quantitative estimate of drug-likeness (QED) is 0.280. The molecule has 11 nitrogen and oxygen atoms in total. The normalized spacial score (nSPS) is 31.3. The molecule has 12 heteroatoms. The molecule has 3 saturated heterocycles. The summed E-state index contributed by atoms with van der Waals surface area (Å²) in [5.74, 6) is -2.03. The first kappa shape index (κ1) is 29.2. The molecule has 0 radical (unpaired) electrons. The SMILES string of the molecule is CCOc1ccc(Cc2cc([C@]34OC[C@@](CO)(O3)[C@@H](O)[C@H](O)[C@H]4O)ccc2Cl)cc1.O=C1CC[C@@H](C(=O)O)N1. The number of rotatable bonds is 7. The molecule has 3 fully saturated rings. The van der Waals surface area contributed by atoms with E-state index in [1.807, 2.05) is 31.2 Å². The smallest absolute Gasteiger partial charge is 0.326 e. The molecule has 6 N–H and O–H groups in total. The first-order valence-corrected chi connectivity index (χ1v) is 12.9. The maximum atomic E-state index is 10.7. The lowest BCUT2D eigenvalue weighted by Gasteiger charge is -2.46. The topological polar surface area (TPSA) is 175 Å². The summed E-state index contributed by atoms with van der Waals surface area (Å²) in [6.45, 7) is 1.78. The molecule has 3 heterocycles. The fraction of sp³-hybridized carbons (Fsp3) is 0.481. The van der Waals surface area contributed by atoms with Gasteiger partial charge in [0.25, 0.3) is 0 Å². The Kier molecular flexibility index (Phi) is 8.82. The van der Waals surface area contributed by atoms with E-state index in [4.69, 9.17) is 30.9 Å². The fourth-order valence-electron chi connectivity index (χ4n) is 4.89. The van der Waals surface area contributed by atoms with Gasteiger partial charge in [0.1, 0.15) is 35.7 Å². The predicted molar refractivity (Wildman–Crippen MR) is 137 cm³/mol. The average Bonchev–Trinajstić information content (AvgIpc) is 3.54. The number of amides is 1. The lowest BCUT2D eigenvalue weighted by molar-refractivity contribution is -0.329. The van der Waals surface area contributed by atoms with Crippen molar-refractivity contribution >= 4 is 23.5 Å². The number of hydrogen-bond acceptors (Lipinski definition) is 9. The van der Waals surface area contributed by atoms with Crippen LogP contribution in [0.5, 0.6) is 5.75 Å². The van der Waals surface area contributed by atoms with Gasteiger partial charge in [-0.15, -0.1) is 0 Å². The zero-order valence-corrected chi connectivity index (χ0v) is 22.0. The Morgan fingerprint density at radius 3 is 2.44 bits per heavy atom. The molecular formula is C27H32ClNO10. The Bertz CT molecular complexity index is 1190. The van der Waals surface area contributed by atoms with Crippen LogP contribution >= 0.6 is 11.6 Å². The number of carboxylic acid groups (broad SMARTS) is 1. The minimum absolute atomic E-state index is 0.164. The highest BCUT2D eigenvalue weighted by molar-refractivity contribution is 6.31. The molecule has 2 aromatic carbocycles. The Balaban J connectivity index is 0.000000333. The Morgan fingerprint density at radius 2 is 1.87 bits per heavy atom. The second-order valence-electron chi connectivity index (χ2n) is 9.72. The highest BCUT2D eigenvalue weighted by Gasteiger charge is 2.67. The molecule has 1 amide bonds. The summed E-state index contributed by atoms with van der Waals surface area (Å²) in [7, 11) is 0. The van der Waals surface area contributed by atoms with Crippen molar-refractivity contribution in [1.29, 1.82) is 0 Å². The molecule has 2 bridgehead atoms. The van der Waals surface area contributed by atoms with Gasteiger partial charge in [-0.3, -0.25) is 4.79 Å². The first-order valence-electron chi connectivity index (χ1n) is 12.6. The van der Waals surface area contributed by atoms with Crippen LogP contribution in [-0.4, -0.2) is 87.2 Å². The number of aliphatic carboxylic acids is 1. The first-order chi connectivity index (χ1) is 18.5. The summed E-state index contributed by atoms with van der Waals surface area (Å²) in [5.41, 5.74) is 0.719. The molecule has 6 atom stereocenters. The molecule has 2 aromatic rings. The zero-order valence-electron chi connectivity index (χ0n) is 21.2. The maximum absolute atomic E-state index is 10.7. The van der Waals surface area contributed by atoms with E-state index in [-0.39, 0.29) is 12.5 Å². The summed E-state index contributed by atoms with van der Waals surface area (Å²) in [4.78, 5) is 20.5. The van der Waals surface area contributed by atoms with Gasteiger partial charge in [-0.05, 0) is 55.2 Å². The number of fused-ring (bicyclic) bond motifs is 2. The standard InChI is InChI=1S/C22H25ClO7.C5H7NO3/c1-2-28-16-6-3-13(4-7-16)9-14-10-15(5-8-17(14)23)22-20(27)18(25)19(26)21(11-24,30-22)12-29-22;7-4-2-1-3(6-4)5(8)9/h3-8,10,18-20,24-27H,2,9,11-12H2,1H3;3H,1-2H2,(H,6,7)(H,8,9)/t18-,19-,20+,21+,22-;3-/m00/s1. The molecule has 5 rings (SSSR count). The van der Waals surface area contributed by atoms with Crippen molar-refractivity contribution in [2.75, 3.05) is 19.8 Å². The third kappa shape index (κ3) is 5.75. The average molecular weight is 566 g/mol. The molecule has 0 aliphatic carbocycles. The van der Waals surface area contributed by atoms with Crippen LogP contribution in [0.3, 0.4) is 0 Å². The minimum atomic E-state index is -1.71. The lowest BCUT2D eigenvalue weighted by Crippen LogP contribution is -2.65. The molecule has 0 spiro atoms. The number of carbonyl (C=O) groups excluding carboxylic acids is 1. The summed E-state index contributed by atoms with van der Waals surface area (Å²) in [6, 6.07) is 12.1. The second kappa shape index (κ2) is 11.8. The largest absolute Gasteiger partial charge is 0.494 e. The van der Waals surface area contributed by atoms with E-state index in [9.17, 15) is 30.0 Å². The van der Waals surface area contributed by atoms with Crippen molar-refractivity contribution in [3.63, 3.8) is 0 Å². The van der Waals surface area contributed by atoms with Crippen LogP contribution in [-0.2, 0) is 31.3 Å². The molecule has 39 heavy (non-hydrogen) atoms. The van der Waals surface area contributed by atoms with Crippen LogP contribution in [0.1, 0.15) is 36.5 Å². The van der Waals surface area contributed by atoms with E-state index in [2.05, 4.69) is 5.32 Å². The number of carboxylic acids is 1. The Hall–Kier alpha value is -2.77. The zero-order chi connectivity index (χ0) is 28.4. The summed E-state index contributed by atoms with van der Waals surface area (Å²) < 4.78 is 17.1. The van der Waals surface area contributed by atoms with Crippen LogP contribution in [0.25, 0.3) is 0 Å². The molecule has 212 valence electrons. The molecular weight excluding hydrogens is 534 g/mol. The number of carbonyl (C=O) groups is 2.